The molecule has 0 aliphatic heterocycles. The second kappa shape index (κ2) is 5.28. The number of halogens is 2. The molecule has 2 N–H and O–H groups in total. The minimum Gasteiger partial charge on any atom is -0.508 e. The number of hydrogen-bond donors (Lipinski definition) is 2. The van der Waals surface area contributed by atoms with Gasteiger partial charge in [-0.3, -0.25) is 4.79 Å². The smallest absolute Gasteiger partial charge is 0.258 e. The Morgan fingerprint density at radius 3 is 2.45 bits per heavy atom. The Balaban J connectivity index is 2.30. The number of carbonyl (C=O) groups excluding carboxylic acids is 1. The molecule has 0 aliphatic carbocycles. The van der Waals surface area contributed by atoms with E-state index in [1.165, 1.54) is 6.07 Å². The number of rotatable bonds is 2. The van der Waals surface area contributed by atoms with Crippen molar-refractivity contribution in [1.29, 1.82) is 0 Å². The second-order valence-electron chi connectivity index (χ2n) is 4.53. The number of phenolic OH excluding ortho intramolecular Hbond substituents is 1. The van der Waals surface area contributed by atoms with Crippen molar-refractivity contribution < 1.29 is 18.7 Å². The Morgan fingerprint density at radius 2 is 1.80 bits per heavy atom. The number of nitrogens with one attached hydrogen (secondary N) is 1. The molecule has 0 radical (unpaired) electrons. The summed E-state index contributed by atoms with van der Waals surface area (Å²) in [6.45, 7) is 3.39. The second-order valence-corrected chi connectivity index (χ2v) is 4.53. The van der Waals surface area contributed by atoms with E-state index in [-0.39, 0.29) is 11.3 Å². The Bertz CT molecular complexity index is 684. The Kier molecular flexibility index (Phi) is 3.70. The van der Waals surface area contributed by atoms with Crippen LogP contribution in [0.1, 0.15) is 21.5 Å². The third-order valence-electron chi connectivity index (χ3n) is 2.97. The lowest BCUT2D eigenvalue weighted by Crippen LogP contribution is -2.14. The van der Waals surface area contributed by atoms with Gasteiger partial charge in [-0.2, -0.15) is 0 Å². The molecular weight excluding hydrogens is 264 g/mol. The first-order valence-corrected chi connectivity index (χ1v) is 5.95. The summed E-state index contributed by atoms with van der Waals surface area (Å²) in [5.41, 5.74) is 1.46. The lowest BCUT2D eigenvalue weighted by Gasteiger charge is -2.11. The first-order valence-electron chi connectivity index (χ1n) is 5.95. The van der Waals surface area contributed by atoms with Crippen LogP contribution in [0.25, 0.3) is 0 Å². The number of hydrogen-bond acceptors (Lipinski definition) is 2. The number of benzene rings is 2. The van der Waals surface area contributed by atoms with Crippen molar-refractivity contribution in [2.75, 3.05) is 5.32 Å². The van der Waals surface area contributed by atoms with Gasteiger partial charge in [-0.05, 0) is 49.2 Å². The average Bonchev–Trinajstić information content (AvgIpc) is 2.35. The molecule has 0 aliphatic rings. The van der Waals surface area contributed by atoms with Crippen LogP contribution in [0.15, 0.2) is 30.3 Å². The van der Waals surface area contributed by atoms with Gasteiger partial charge in [0, 0.05) is 11.8 Å². The highest BCUT2D eigenvalue weighted by Gasteiger charge is 2.14. The molecule has 3 nitrogen and oxygen atoms in total. The molecule has 2 aromatic carbocycles. The highest BCUT2D eigenvalue weighted by atomic mass is 19.1. The monoisotopic (exact) mass is 277 g/mol. The minimum absolute atomic E-state index is 0.119. The first-order chi connectivity index (χ1) is 9.38. The molecule has 2 aromatic rings. The summed E-state index contributed by atoms with van der Waals surface area (Å²) >= 11 is 0. The third kappa shape index (κ3) is 2.77. The van der Waals surface area contributed by atoms with Gasteiger partial charge in [-0.25, -0.2) is 8.78 Å². The maximum absolute atomic E-state index is 13.5. The zero-order chi connectivity index (χ0) is 14.9. The molecule has 0 spiro atoms. The van der Waals surface area contributed by atoms with Gasteiger partial charge in [-0.15, -0.1) is 0 Å². The molecule has 0 saturated heterocycles. The highest BCUT2D eigenvalue weighted by molar-refractivity contribution is 6.04. The quantitative estimate of drug-likeness (QED) is 0.825. The maximum atomic E-state index is 13.5. The van der Waals surface area contributed by atoms with Crippen molar-refractivity contribution >= 4 is 11.6 Å². The summed E-state index contributed by atoms with van der Waals surface area (Å²) in [5.74, 6) is -2.21. The predicted octanol–water partition coefficient (Wildman–Crippen LogP) is 3.54. The van der Waals surface area contributed by atoms with E-state index in [9.17, 15) is 18.7 Å². The standard InChI is InChI=1S/C15H13F2NO2/c1-8-6-14(19)9(2)5-13(8)18-15(20)11-4-3-10(16)7-12(11)17/h3-7,19H,1-2H3,(H,18,20). The van der Waals surface area contributed by atoms with Crippen LogP contribution in [0.3, 0.4) is 0 Å². The van der Waals surface area contributed by atoms with Crippen LogP contribution in [-0.2, 0) is 0 Å². The molecule has 0 atom stereocenters. The SMILES string of the molecule is Cc1cc(NC(=O)c2ccc(F)cc2F)c(C)cc1O. The fraction of sp³-hybridized carbons (Fsp3) is 0.133. The molecule has 2 rings (SSSR count). The Hall–Kier alpha value is -2.43. The van der Waals surface area contributed by atoms with E-state index >= 15 is 0 Å². The number of amides is 1. The molecule has 1 amide bonds. The van der Waals surface area contributed by atoms with Gasteiger partial charge in [0.05, 0.1) is 5.56 Å². The zero-order valence-corrected chi connectivity index (χ0v) is 11.0. The number of aromatic hydroxyl groups is 1. The first kappa shape index (κ1) is 14.0. The molecule has 5 heteroatoms. The average molecular weight is 277 g/mol. The van der Waals surface area contributed by atoms with Crippen LogP contribution in [0, 0.1) is 25.5 Å². The fourth-order valence-corrected chi connectivity index (χ4v) is 1.80. The Labute approximate surface area is 114 Å². The van der Waals surface area contributed by atoms with Gasteiger partial charge in [0.25, 0.3) is 5.91 Å². The van der Waals surface area contributed by atoms with E-state index < -0.39 is 17.5 Å². The van der Waals surface area contributed by atoms with Gasteiger partial charge in [-0.1, -0.05) is 0 Å². The molecular formula is C15H13F2NO2. The molecule has 20 heavy (non-hydrogen) atoms. The number of carbonyl (C=O) groups is 1. The number of phenols is 1. The number of anilines is 1. The van der Waals surface area contributed by atoms with E-state index in [4.69, 9.17) is 0 Å². The van der Waals surface area contributed by atoms with Gasteiger partial charge >= 0.3 is 0 Å². The molecule has 0 bridgehead atoms. The summed E-state index contributed by atoms with van der Waals surface area (Å²) in [5, 5.41) is 12.1. The normalized spacial score (nSPS) is 10.4. The summed E-state index contributed by atoms with van der Waals surface area (Å²) in [7, 11) is 0. The van der Waals surface area contributed by atoms with Crippen LogP contribution in [0.4, 0.5) is 14.5 Å². The maximum Gasteiger partial charge on any atom is 0.258 e. The van der Waals surface area contributed by atoms with Crippen molar-refractivity contribution in [3.05, 3.63) is 58.7 Å². The van der Waals surface area contributed by atoms with Crippen LogP contribution < -0.4 is 5.32 Å². The van der Waals surface area contributed by atoms with Gasteiger partial charge in [0.1, 0.15) is 17.4 Å². The summed E-state index contributed by atoms with van der Waals surface area (Å²) in [6, 6.07) is 5.86. The zero-order valence-electron chi connectivity index (χ0n) is 11.0. The largest absolute Gasteiger partial charge is 0.508 e. The fourth-order valence-electron chi connectivity index (χ4n) is 1.80. The molecule has 0 fully saturated rings. The molecule has 0 unspecified atom stereocenters. The van der Waals surface area contributed by atoms with Crippen molar-refractivity contribution in [2.45, 2.75) is 13.8 Å². The van der Waals surface area contributed by atoms with Crippen molar-refractivity contribution in [3.63, 3.8) is 0 Å². The van der Waals surface area contributed by atoms with E-state index in [1.807, 2.05) is 0 Å². The van der Waals surface area contributed by atoms with Crippen LogP contribution in [0.2, 0.25) is 0 Å². The third-order valence-corrected chi connectivity index (χ3v) is 2.97. The van der Waals surface area contributed by atoms with Crippen molar-refractivity contribution in [1.82, 2.24) is 0 Å². The summed E-state index contributed by atoms with van der Waals surface area (Å²) in [4.78, 5) is 12.0. The van der Waals surface area contributed by atoms with Gasteiger partial charge in [0.15, 0.2) is 0 Å². The molecule has 0 heterocycles. The molecule has 104 valence electrons. The summed E-state index contributed by atoms with van der Waals surface area (Å²) < 4.78 is 26.3. The van der Waals surface area contributed by atoms with Crippen molar-refractivity contribution in [3.8, 4) is 5.75 Å². The van der Waals surface area contributed by atoms with E-state index in [1.54, 1.807) is 19.9 Å². The molecule has 0 aromatic heterocycles. The number of aryl methyl sites for hydroxylation is 2. The Morgan fingerprint density at radius 1 is 1.10 bits per heavy atom. The highest BCUT2D eigenvalue weighted by Crippen LogP contribution is 2.25. The predicted molar refractivity (Wildman–Crippen MR) is 71.9 cm³/mol. The van der Waals surface area contributed by atoms with Crippen LogP contribution >= 0.6 is 0 Å². The van der Waals surface area contributed by atoms with Crippen LogP contribution in [-0.4, -0.2) is 11.0 Å². The topological polar surface area (TPSA) is 49.3 Å². The summed E-state index contributed by atoms with van der Waals surface area (Å²) in [6.07, 6.45) is 0. The lowest BCUT2D eigenvalue weighted by atomic mass is 10.1. The van der Waals surface area contributed by atoms with E-state index in [0.29, 0.717) is 22.9 Å². The molecule has 0 saturated carbocycles. The minimum atomic E-state index is -0.921. The van der Waals surface area contributed by atoms with Gasteiger partial charge in [0.2, 0.25) is 0 Å². The van der Waals surface area contributed by atoms with Crippen LogP contribution in [0.5, 0.6) is 5.75 Å². The van der Waals surface area contributed by atoms with E-state index in [2.05, 4.69) is 5.32 Å². The van der Waals surface area contributed by atoms with Crippen molar-refractivity contribution in [2.24, 2.45) is 0 Å². The van der Waals surface area contributed by atoms with E-state index in [0.717, 1.165) is 12.1 Å². The van der Waals surface area contributed by atoms with Gasteiger partial charge < -0.3 is 10.4 Å². The lowest BCUT2D eigenvalue weighted by molar-refractivity contribution is 0.102.